The lowest BCUT2D eigenvalue weighted by molar-refractivity contribution is 0.658. The third-order valence-corrected chi connectivity index (χ3v) is 2.47. The fourth-order valence-electron chi connectivity index (χ4n) is 1.51. The molecule has 1 radical (unpaired) electrons. The molecule has 1 heterocycles. The molecule has 12 heavy (non-hydrogen) atoms. The van der Waals surface area contributed by atoms with Gasteiger partial charge in [0.05, 0.1) is 0 Å². The summed E-state index contributed by atoms with van der Waals surface area (Å²) in [6, 6.07) is 4.10. The molecule has 0 saturated heterocycles. The van der Waals surface area contributed by atoms with Gasteiger partial charge in [0.2, 0.25) is 0 Å². The summed E-state index contributed by atoms with van der Waals surface area (Å²) in [4.78, 5) is 4.09. The summed E-state index contributed by atoms with van der Waals surface area (Å²) < 4.78 is 0. The number of aromatic nitrogens is 1. The van der Waals surface area contributed by atoms with Crippen LogP contribution in [0.15, 0.2) is 24.5 Å². The number of hydrogen-bond acceptors (Lipinski definition) is 1. The van der Waals surface area contributed by atoms with Gasteiger partial charge >= 0.3 is 0 Å². The Morgan fingerprint density at radius 3 is 3.00 bits per heavy atom. The van der Waals surface area contributed by atoms with Gasteiger partial charge < -0.3 is 0 Å². The van der Waals surface area contributed by atoms with Crippen LogP contribution in [0.3, 0.4) is 0 Å². The lowest BCUT2D eigenvalue weighted by Gasteiger charge is -2.09. The first-order valence-corrected chi connectivity index (χ1v) is 4.59. The Bertz CT molecular complexity index is 238. The highest BCUT2D eigenvalue weighted by Crippen LogP contribution is 2.37. The van der Waals surface area contributed by atoms with Gasteiger partial charge in [0.1, 0.15) is 0 Å². The fourth-order valence-corrected chi connectivity index (χ4v) is 1.51. The molecule has 0 spiro atoms. The van der Waals surface area contributed by atoms with Gasteiger partial charge in [-0.2, -0.15) is 0 Å². The largest absolute Gasteiger partial charge is 0.264 e. The molecule has 0 aromatic carbocycles. The summed E-state index contributed by atoms with van der Waals surface area (Å²) in [6.45, 7) is 4.15. The van der Waals surface area contributed by atoms with E-state index in [1.807, 2.05) is 18.5 Å². The van der Waals surface area contributed by atoms with Gasteiger partial charge in [-0.1, -0.05) is 18.9 Å². The van der Waals surface area contributed by atoms with E-state index in [1.165, 1.54) is 24.8 Å². The lowest BCUT2D eigenvalue weighted by Crippen LogP contribution is -1.95. The molecule has 1 heteroatoms. The molecule has 63 valence electrons. The second kappa shape index (κ2) is 3.26. The van der Waals surface area contributed by atoms with Gasteiger partial charge in [0.15, 0.2) is 0 Å². The van der Waals surface area contributed by atoms with Crippen molar-refractivity contribution in [1.82, 2.24) is 4.98 Å². The van der Waals surface area contributed by atoms with Crippen molar-refractivity contribution in [2.24, 2.45) is 5.92 Å². The number of rotatable bonds is 3. The standard InChI is InChI=1S/C11H14N/c1-9(7-10-4-5-10)11-3-2-6-12-8-11/h2-3,6,8-10H,1,4-5,7H2. The second-order valence-electron chi connectivity index (χ2n) is 3.66. The summed E-state index contributed by atoms with van der Waals surface area (Å²) in [5.41, 5.74) is 1.28. The quantitative estimate of drug-likeness (QED) is 0.662. The van der Waals surface area contributed by atoms with Crippen LogP contribution >= 0.6 is 0 Å². The summed E-state index contributed by atoms with van der Waals surface area (Å²) in [6.07, 6.45) is 7.80. The summed E-state index contributed by atoms with van der Waals surface area (Å²) in [5, 5.41) is 0. The molecule has 1 unspecified atom stereocenters. The van der Waals surface area contributed by atoms with Gasteiger partial charge in [-0.3, -0.25) is 4.98 Å². The van der Waals surface area contributed by atoms with Crippen LogP contribution in [-0.2, 0) is 0 Å². The topological polar surface area (TPSA) is 12.9 Å². The van der Waals surface area contributed by atoms with E-state index in [9.17, 15) is 0 Å². The Balaban J connectivity index is 1.98. The van der Waals surface area contributed by atoms with E-state index in [0.717, 1.165) is 5.92 Å². The van der Waals surface area contributed by atoms with Crippen molar-refractivity contribution in [3.8, 4) is 0 Å². The molecular formula is C11H14N. The smallest absolute Gasteiger partial charge is 0.0302 e. The van der Waals surface area contributed by atoms with E-state index in [0.29, 0.717) is 5.92 Å². The van der Waals surface area contributed by atoms with Crippen LogP contribution in [0.1, 0.15) is 30.7 Å². The molecule has 1 aromatic rings. The van der Waals surface area contributed by atoms with Gasteiger partial charge in [-0.15, -0.1) is 0 Å². The molecule has 0 aliphatic heterocycles. The maximum atomic E-state index is 4.15. The minimum absolute atomic E-state index is 0.450. The molecule has 1 aliphatic rings. The zero-order valence-electron chi connectivity index (χ0n) is 7.24. The average Bonchev–Trinajstić information content (AvgIpc) is 2.90. The molecule has 2 rings (SSSR count). The Kier molecular flexibility index (Phi) is 2.11. The zero-order valence-corrected chi connectivity index (χ0v) is 7.24. The SMILES string of the molecule is [CH2]C(CC1CC1)c1cccnc1. The van der Waals surface area contributed by atoms with Crippen molar-refractivity contribution < 1.29 is 0 Å². The van der Waals surface area contributed by atoms with Crippen molar-refractivity contribution >= 4 is 0 Å². The highest BCUT2D eigenvalue weighted by atomic mass is 14.6. The highest BCUT2D eigenvalue weighted by Gasteiger charge is 2.23. The predicted molar refractivity (Wildman–Crippen MR) is 49.7 cm³/mol. The third kappa shape index (κ3) is 1.84. The zero-order chi connectivity index (χ0) is 8.39. The molecular weight excluding hydrogens is 146 g/mol. The van der Waals surface area contributed by atoms with Crippen molar-refractivity contribution in [2.45, 2.75) is 25.2 Å². The Hall–Kier alpha value is -0.850. The van der Waals surface area contributed by atoms with Crippen LogP contribution in [-0.4, -0.2) is 4.98 Å². The van der Waals surface area contributed by atoms with Crippen LogP contribution in [0, 0.1) is 12.8 Å². The van der Waals surface area contributed by atoms with Crippen molar-refractivity contribution in [2.75, 3.05) is 0 Å². The first kappa shape index (κ1) is 7.78. The molecule has 1 nitrogen and oxygen atoms in total. The predicted octanol–water partition coefficient (Wildman–Crippen LogP) is 2.80. The molecule has 1 atom stereocenters. The van der Waals surface area contributed by atoms with Crippen LogP contribution < -0.4 is 0 Å². The van der Waals surface area contributed by atoms with E-state index in [4.69, 9.17) is 0 Å². The lowest BCUT2D eigenvalue weighted by atomic mass is 9.97. The molecule has 0 amide bonds. The van der Waals surface area contributed by atoms with Crippen molar-refractivity contribution in [3.05, 3.63) is 37.0 Å². The first-order valence-electron chi connectivity index (χ1n) is 4.59. The molecule has 1 fully saturated rings. The monoisotopic (exact) mass is 160 g/mol. The fraction of sp³-hybridized carbons (Fsp3) is 0.455. The van der Waals surface area contributed by atoms with Crippen molar-refractivity contribution in [3.63, 3.8) is 0 Å². The minimum atomic E-state index is 0.450. The van der Waals surface area contributed by atoms with E-state index >= 15 is 0 Å². The number of nitrogens with zero attached hydrogens (tertiary/aromatic N) is 1. The van der Waals surface area contributed by atoms with E-state index in [2.05, 4.69) is 18.0 Å². The third-order valence-electron chi connectivity index (χ3n) is 2.47. The highest BCUT2D eigenvalue weighted by molar-refractivity contribution is 5.16. The van der Waals surface area contributed by atoms with Gasteiger partial charge in [0.25, 0.3) is 0 Å². The molecule has 0 bridgehead atoms. The number of hydrogen-bond donors (Lipinski definition) is 0. The normalized spacial score (nSPS) is 19.1. The summed E-state index contributed by atoms with van der Waals surface area (Å²) in [5.74, 6) is 1.40. The maximum absolute atomic E-state index is 4.15. The molecule has 1 saturated carbocycles. The van der Waals surface area contributed by atoms with Gasteiger partial charge in [0, 0.05) is 12.4 Å². The van der Waals surface area contributed by atoms with E-state index < -0.39 is 0 Å². The summed E-state index contributed by atoms with van der Waals surface area (Å²) >= 11 is 0. The average molecular weight is 160 g/mol. The summed E-state index contributed by atoms with van der Waals surface area (Å²) in [7, 11) is 0. The van der Waals surface area contributed by atoms with Crippen molar-refractivity contribution in [1.29, 1.82) is 0 Å². The van der Waals surface area contributed by atoms with Crippen LogP contribution in [0.4, 0.5) is 0 Å². The van der Waals surface area contributed by atoms with Crippen LogP contribution in [0.25, 0.3) is 0 Å². The second-order valence-corrected chi connectivity index (χ2v) is 3.66. The Morgan fingerprint density at radius 1 is 1.58 bits per heavy atom. The molecule has 1 aliphatic carbocycles. The van der Waals surface area contributed by atoms with E-state index in [-0.39, 0.29) is 0 Å². The molecule has 0 N–H and O–H groups in total. The van der Waals surface area contributed by atoms with Gasteiger partial charge in [-0.05, 0) is 36.8 Å². The Labute approximate surface area is 73.8 Å². The maximum Gasteiger partial charge on any atom is 0.0302 e. The Morgan fingerprint density at radius 2 is 2.42 bits per heavy atom. The van der Waals surface area contributed by atoms with Gasteiger partial charge in [-0.25, -0.2) is 0 Å². The first-order chi connectivity index (χ1) is 5.86. The minimum Gasteiger partial charge on any atom is -0.264 e. The van der Waals surface area contributed by atoms with Crippen LogP contribution in [0.2, 0.25) is 0 Å². The van der Waals surface area contributed by atoms with Crippen LogP contribution in [0.5, 0.6) is 0 Å². The number of pyridine rings is 1. The van der Waals surface area contributed by atoms with E-state index in [1.54, 1.807) is 0 Å². The molecule has 1 aromatic heterocycles.